The summed E-state index contributed by atoms with van der Waals surface area (Å²) < 4.78 is 16.5. The molecule has 6 heteroatoms. The Hall–Kier alpha value is -3.67. The van der Waals surface area contributed by atoms with Crippen molar-refractivity contribution >= 4 is 16.8 Å². The van der Waals surface area contributed by atoms with Gasteiger partial charge in [-0.25, -0.2) is 0 Å². The van der Waals surface area contributed by atoms with E-state index >= 15 is 0 Å². The first kappa shape index (κ1) is 19.6. The first-order valence-electron chi connectivity index (χ1n) is 9.77. The van der Waals surface area contributed by atoms with Crippen molar-refractivity contribution in [2.24, 2.45) is 0 Å². The molecule has 0 saturated carbocycles. The van der Waals surface area contributed by atoms with E-state index in [1.807, 2.05) is 48.7 Å². The van der Waals surface area contributed by atoms with Crippen molar-refractivity contribution in [3.63, 3.8) is 0 Å². The zero-order valence-electron chi connectivity index (χ0n) is 17.0. The molecule has 0 saturated heterocycles. The molecule has 2 aromatic carbocycles. The summed E-state index contributed by atoms with van der Waals surface area (Å²) in [4.78, 5) is 16.2. The lowest BCUT2D eigenvalue weighted by molar-refractivity contribution is -0.121. The Kier molecular flexibility index (Phi) is 5.75. The van der Waals surface area contributed by atoms with Gasteiger partial charge in [-0.05, 0) is 29.8 Å². The molecule has 2 N–H and O–H groups in total. The summed E-state index contributed by atoms with van der Waals surface area (Å²) in [5.41, 5.74) is 2.95. The zero-order valence-corrected chi connectivity index (χ0v) is 17.0. The molecule has 2 heterocycles. The van der Waals surface area contributed by atoms with Gasteiger partial charge in [0.15, 0.2) is 11.5 Å². The summed E-state index contributed by atoms with van der Waals surface area (Å²) in [5.74, 6) is 1.69. The summed E-state index contributed by atoms with van der Waals surface area (Å²) in [5, 5.41) is 4.02. The molecule has 30 heavy (non-hydrogen) atoms. The zero-order chi connectivity index (χ0) is 20.9. The summed E-state index contributed by atoms with van der Waals surface area (Å²) in [6.45, 7) is 0.349. The van der Waals surface area contributed by atoms with E-state index in [4.69, 9.17) is 13.9 Å². The monoisotopic (exact) mass is 404 g/mol. The molecule has 0 aliphatic rings. The van der Waals surface area contributed by atoms with Crippen molar-refractivity contribution in [3.05, 3.63) is 83.9 Å². The Bertz CT molecular complexity index is 1130. The average molecular weight is 404 g/mol. The molecule has 0 spiro atoms. The fourth-order valence-corrected chi connectivity index (χ4v) is 3.81. The minimum absolute atomic E-state index is 0.0773. The summed E-state index contributed by atoms with van der Waals surface area (Å²) in [7, 11) is 3.23. The third-order valence-corrected chi connectivity index (χ3v) is 5.23. The van der Waals surface area contributed by atoms with Gasteiger partial charge >= 0.3 is 0 Å². The van der Waals surface area contributed by atoms with E-state index in [1.165, 1.54) is 0 Å². The number of carbonyl (C=O) groups is 1. The number of methoxy groups -OCH3 is 2. The number of para-hydroxylation sites is 2. The molecule has 0 fully saturated rings. The van der Waals surface area contributed by atoms with Gasteiger partial charge in [0, 0.05) is 35.0 Å². The van der Waals surface area contributed by atoms with Gasteiger partial charge in [0.1, 0.15) is 5.76 Å². The average Bonchev–Trinajstić information content (AvgIpc) is 3.45. The molecule has 4 aromatic rings. The molecule has 0 aliphatic heterocycles. The first-order valence-corrected chi connectivity index (χ1v) is 9.77. The lowest BCUT2D eigenvalue weighted by Gasteiger charge is -2.21. The Morgan fingerprint density at radius 2 is 1.90 bits per heavy atom. The van der Waals surface area contributed by atoms with Crippen LogP contribution in [0.3, 0.4) is 0 Å². The van der Waals surface area contributed by atoms with Gasteiger partial charge in [0.05, 0.1) is 27.0 Å². The quantitative estimate of drug-likeness (QED) is 0.449. The van der Waals surface area contributed by atoms with Gasteiger partial charge in [-0.3, -0.25) is 4.79 Å². The van der Waals surface area contributed by atoms with E-state index in [0.29, 0.717) is 23.8 Å². The number of H-pyrrole nitrogens is 1. The SMILES string of the molecule is COc1cccc([C@H](CC(=O)NCc2ccco2)c2c[nH]c3ccccc23)c1OC. The Labute approximate surface area is 174 Å². The summed E-state index contributed by atoms with van der Waals surface area (Å²) >= 11 is 0. The van der Waals surface area contributed by atoms with E-state index in [0.717, 1.165) is 22.0 Å². The molecular weight excluding hydrogens is 380 g/mol. The molecule has 4 rings (SSSR count). The minimum Gasteiger partial charge on any atom is -0.493 e. The van der Waals surface area contributed by atoms with Gasteiger partial charge in [0.25, 0.3) is 0 Å². The standard InChI is InChI=1S/C24H24N2O4/c1-28-22-11-5-9-18(24(22)29-2)19(13-23(27)26-14-16-7-6-12-30-16)20-15-25-21-10-4-3-8-17(20)21/h3-12,15,19,25H,13-14H2,1-2H3,(H,26,27)/t19-/m0/s1. The predicted molar refractivity (Wildman–Crippen MR) is 115 cm³/mol. The van der Waals surface area contributed by atoms with E-state index in [9.17, 15) is 4.79 Å². The van der Waals surface area contributed by atoms with Crippen LogP contribution in [0.15, 0.2) is 71.5 Å². The molecule has 6 nitrogen and oxygen atoms in total. The highest BCUT2D eigenvalue weighted by atomic mass is 16.5. The van der Waals surface area contributed by atoms with E-state index in [2.05, 4.69) is 16.4 Å². The van der Waals surface area contributed by atoms with Crippen molar-refractivity contribution in [2.45, 2.75) is 18.9 Å². The number of nitrogens with one attached hydrogen (secondary N) is 2. The fourth-order valence-electron chi connectivity index (χ4n) is 3.81. The number of benzene rings is 2. The molecule has 0 bridgehead atoms. The number of aromatic nitrogens is 1. The lowest BCUT2D eigenvalue weighted by atomic mass is 9.87. The number of furan rings is 1. The van der Waals surface area contributed by atoms with Gasteiger partial charge in [-0.2, -0.15) is 0 Å². The van der Waals surface area contributed by atoms with Gasteiger partial charge in [0.2, 0.25) is 5.91 Å². The molecule has 154 valence electrons. The minimum atomic E-state index is -0.220. The van der Waals surface area contributed by atoms with Crippen molar-refractivity contribution in [1.82, 2.24) is 10.3 Å². The number of hydrogen-bond acceptors (Lipinski definition) is 4. The number of rotatable bonds is 8. The number of fused-ring (bicyclic) bond motifs is 1. The van der Waals surface area contributed by atoms with E-state index < -0.39 is 0 Å². The van der Waals surface area contributed by atoms with Crippen LogP contribution in [0.4, 0.5) is 0 Å². The topological polar surface area (TPSA) is 76.5 Å². The number of aromatic amines is 1. The van der Waals surface area contributed by atoms with Crippen molar-refractivity contribution in [3.8, 4) is 11.5 Å². The van der Waals surface area contributed by atoms with E-state index in [1.54, 1.807) is 26.5 Å². The van der Waals surface area contributed by atoms with Crippen LogP contribution in [-0.2, 0) is 11.3 Å². The van der Waals surface area contributed by atoms with Crippen molar-refractivity contribution in [2.75, 3.05) is 14.2 Å². The van der Waals surface area contributed by atoms with Gasteiger partial charge in [-0.15, -0.1) is 0 Å². The molecule has 1 amide bonds. The van der Waals surface area contributed by atoms with Gasteiger partial charge < -0.3 is 24.2 Å². The smallest absolute Gasteiger partial charge is 0.221 e. The molecule has 0 aliphatic carbocycles. The largest absolute Gasteiger partial charge is 0.493 e. The number of hydrogen-bond donors (Lipinski definition) is 2. The second-order valence-corrected chi connectivity index (χ2v) is 6.99. The molecular formula is C24H24N2O4. The van der Waals surface area contributed by atoms with Crippen LogP contribution in [0.1, 0.15) is 29.2 Å². The fraction of sp³-hybridized carbons (Fsp3) is 0.208. The maximum Gasteiger partial charge on any atom is 0.221 e. The Morgan fingerprint density at radius 1 is 1.03 bits per heavy atom. The maximum absolute atomic E-state index is 12.9. The van der Waals surface area contributed by atoms with Crippen LogP contribution >= 0.6 is 0 Å². The maximum atomic E-state index is 12.9. The molecule has 0 unspecified atom stereocenters. The van der Waals surface area contributed by atoms with Crippen molar-refractivity contribution in [1.29, 1.82) is 0 Å². The second-order valence-electron chi connectivity index (χ2n) is 6.99. The number of ether oxygens (including phenoxy) is 2. The van der Waals surface area contributed by atoms with Gasteiger partial charge in [-0.1, -0.05) is 30.3 Å². The van der Waals surface area contributed by atoms with Crippen LogP contribution < -0.4 is 14.8 Å². The van der Waals surface area contributed by atoms with Crippen LogP contribution in [0.5, 0.6) is 11.5 Å². The van der Waals surface area contributed by atoms with Crippen LogP contribution in [0.25, 0.3) is 10.9 Å². The first-order chi connectivity index (χ1) is 14.7. The molecule has 1 atom stereocenters. The third kappa shape index (κ3) is 3.89. The number of amides is 1. The summed E-state index contributed by atoms with van der Waals surface area (Å²) in [6.07, 6.45) is 3.82. The van der Waals surface area contributed by atoms with Crippen LogP contribution in [0.2, 0.25) is 0 Å². The lowest BCUT2D eigenvalue weighted by Crippen LogP contribution is -2.25. The second kappa shape index (κ2) is 8.78. The molecule has 0 radical (unpaired) electrons. The van der Waals surface area contributed by atoms with Crippen molar-refractivity contribution < 1.29 is 18.7 Å². The Morgan fingerprint density at radius 3 is 2.67 bits per heavy atom. The summed E-state index contributed by atoms with van der Waals surface area (Å²) in [6, 6.07) is 17.5. The van der Waals surface area contributed by atoms with E-state index in [-0.39, 0.29) is 18.2 Å². The third-order valence-electron chi connectivity index (χ3n) is 5.23. The van der Waals surface area contributed by atoms with Crippen LogP contribution in [-0.4, -0.2) is 25.1 Å². The predicted octanol–water partition coefficient (Wildman–Crippen LogP) is 4.62. The Balaban J connectivity index is 1.71. The highest BCUT2D eigenvalue weighted by Gasteiger charge is 2.26. The number of carbonyl (C=O) groups excluding carboxylic acids is 1. The highest BCUT2D eigenvalue weighted by Crippen LogP contribution is 2.41. The van der Waals surface area contributed by atoms with Crippen LogP contribution in [0, 0.1) is 0 Å². The molecule has 2 aromatic heterocycles. The normalized spacial score (nSPS) is 11.9. The highest BCUT2D eigenvalue weighted by molar-refractivity contribution is 5.86.